The predicted octanol–water partition coefficient (Wildman–Crippen LogP) is 2.28. The Kier molecular flexibility index (Phi) is 3.57. The van der Waals surface area contributed by atoms with Gasteiger partial charge in [0.05, 0.1) is 0 Å². The zero-order chi connectivity index (χ0) is 9.80. The third-order valence-corrected chi connectivity index (χ3v) is 3.69. The number of hydrogen-bond acceptors (Lipinski definition) is 2. The van der Waals surface area contributed by atoms with Gasteiger partial charge in [0, 0.05) is 18.4 Å². The van der Waals surface area contributed by atoms with Crippen molar-refractivity contribution in [3.63, 3.8) is 0 Å². The molecule has 0 amide bonds. The first kappa shape index (κ1) is 10.2. The molecule has 0 bridgehead atoms. The highest BCUT2D eigenvalue weighted by Crippen LogP contribution is 2.27. The Balaban J connectivity index is 1.93. The van der Waals surface area contributed by atoms with Crippen LogP contribution in [0.5, 0.6) is 0 Å². The normalized spacial score (nSPS) is 35.3. The summed E-state index contributed by atoms with van der Waals surface area (Å²) in [6.45, 7) is 1.12. The van der Waals surface area contributed by atoms with E-state index in [1.54, 1.807) is 0 Å². The van der Waals surface area contributed by atoms with Gasteiger partial charge in [-0.1, -0.05) is 19.3 Å². The molecule has 0 aromatic carbocycles. The second-order valence-corrected chi connectivity index (χ2v) is 4.73. The lowest BCUT2D eigenvalue weighted by molar-refractivity contribution is -0.125. The topological polar surface area (TPSA) is 29.1 Å². The van der Waals surface area contributed by atoms with Crippen molar-refractivity contribution in [1.82, 2.24) is 5.32 Å². The van der Waals surface area contributed by atoms with Crippen molar-refractivity contribution in [3.8, 4) is 0 Å². The maximum atomic E-state index is 11.8. The van der Waals surface area contributed by atoms with Crippen molar-refractivity contribution in [2.24, 2.45) is 5.92 Å². The van der Waals surface area contributed by atoms with Crippen LogP contribution in [0.15, 0.2) is 0 Å². The molecule has 1 aliphatic heterocycles. The molecule has 0 unspecified atom stereocenters. The highest BCUT2D eigenvalue weighted by Gasteiger charge is 2.29. The lowest BCUT2D eigenvalue weighted by atomic mass is 9.81. The Morgan fingerprint density at radius 3 is 2.71 bits per heavy atom. The first-order valence-electron chi connectivity index (χ1n) is 6.14. The van der Waals surface area contributed by atoms with Gasteiger partial charge in [0.25, 0.3) is 0 Å². The SMILES string of the molecule is O=C1CCCC[C@H]1[C@@H]1CCCCCN1. The maximum Gasteiger partial charge on any atom is 0.137 e. The molecule has 0 spiro atoms. The van der Waals surface area contributed by atoms with Gasteiger partial charge >= 0.3 is 0 Å². The van der Waals surface area contributed by atoms with Crippen LogP contribution in [-0.2, 0) is 4.79 Å². The Morgan fingerprint density at radius 2 is 1.86 bits per heavy atom. The Labute approximate surface area is 86.5 Å². The molecule has 0 aromatic heterocycles. The van der Waals surface area contributed by atoms with Gasteiger partial charge in [0.15, 0.2) is 0 Å². The summed E-state index contributed by atoms with van der Waals surface area (Å²) in [7, 11) is 0. The standard InChI is InChI=1S/C12H21NO/c14-12-8-4-3-6-10(12)11-7-2-1-5-9-13-11/h10-11,13H,1-9H2/t10-,11-/m0/s1. The average molecular weight is 195 g/mol. The highest BCUT2D eigenvalue weighted by molar-refractivity contribution is 5.82. The smallest absolute Gasteiger partial charge is 0.137 e. The fourth-order valence-corrected chi connectivity index (χ4v) is 2.83. The number of hydrogen-bond donors (Lipinski definition) is 1. The van der Waals surface area contributed by atoms with Crippen LogP contribution in [0.25, 0.3) is 0 Å². The van der Waals surface area contributed by atoms with E-state index in [2.05, 4.69) is 5.32 Å². The Hall–Kier alpha value is -0.370. The number of ketones is 1. The Bertz CT molecular complexity index is 194. The van der Waals surface area contributed by atoms with Crippen LogP contribution in [0.3, 0.4) is 0 Å². The zero-order valence-electron chi connectivity index (χ0n) is 8.93. The molecule has 1 heterocycles. The van der Waals surface area contributed by atoms with E-state index in [-0.39, 0.29) is 0 Å². The lowest BCUT2D eigenvalue weighted by Gasteiger charge is -2.28. The van der Waals surface area contributed by atoms with Crippen LogP contribution in [0, 0.1) is 5.92 Å². The van der Waals surface area contributed by atoms with Crippen molar-refractivity contribution in [1.29, 1.82) is 0 Å². The van der Waals surface area contributed by atoms with Gasteiger partial charge < -0.3 is 5.32 Å². The van der Waals surface area contributed by atoms with Crippen LogP contribution < -0.4 is 5.32 Å². The molecule has 2 heteroatoms. The lowest BCUT2D eigenvalue weighted by Crippen LogP contribution is -2.40. The number of nitrogens with one attached hydrogen (secondary N) is 1. The summed E-state index contributed by atoms with van der Waals surface area (Å²) in [6.07, 6.45) is 9.51. The summed E-state index contributed by atoms with van der Waals surface area (Å²) < 4.78 is 0. The van der Waals surface area contributed by atoms with Gasteiger partial charge in [0.1, 0.15) is 5.78 Å². The van der Waals surface area contributed by atoms with Crippen molar-refractivity contribution in [2.45, 2.75) is 57.4 Å². The highest BCUT2D eigenvalue weighted by atomic mass is 16.1. The van der Waals surface area contributed by atoms with Gasteiger partial charge in [-0.2, -0.15) is 0 Å². The molecule has 2 fully saturated rings. The summed E-state index contributed by atoms with van der Waals surface area (Å²) in [5, 5.41) is 3.56. The molecule has 0 radical (unpaired) electrons. The maximum absolute atomic E-state index is 11.8. The summed E-state index contributed by atoms with van der Waals surface area (Å²) in [4.78, 5) is 11.8. The molecule has 2 nitrogen and oxygen atoms in total. The monoisotopic (exact) mass is 195 g/mol. The van der Waals surface area contributed by atoms with E-state index in [1.807, 2.05) is 0 Å². The first-order chi connectivity index (χ1) is 6.88. The van der Waals surface area contributed by atoms with Crippen LogP contribution in [0.4, 0.5) is 0 Å². The van der Waals surface area contributed by atoms with E-state index in [4.69, 9.17) is 0 Å². The second kappa shape index (κ2) is 4.92. The molecule has 2 atom stereocenters. The fourth-order valence-electron chi connectivity index (χ4n) is 2.83. The zero-order valence-corrected chi connectivity index (χ0v) is 8.93. The number of carbonyl (C=O) groups excluding carboxylic acids is 1. The van der Waals surface area contributed by atoms with E-state index < -0.39 is 0 Å². The van der Waals surface area contributed by atoms with Crippen molar-refractivity contribution < 1.29 is 4.79 Å². The summed E-state index contributed by atoms with van der Waals surface area (Å²) in [5.74, 6) is 0.873. The number of carbonyl (C=O) groups is 1. The molecule has 1 N–H and O–H groups in total. The van der Waals surface area contributed by atoms with Crippen molar-refractivity contribution in [3.05, 3.63) is 0 Å². The van der Waals surface area contributed by atoms with Gasteiger partial charge in [0.2, 0.25) is 0 Å². The molecule has 80 valence electrons. The molecular weight excluding hydrogens is 174 g/mol. The molecular formula is C12H21NO. The molecule has 1 aliphatic carbocycles. The number of rotatable bonds is 1. The third kappa shape index (κ3) is 2.35. The van der Waals surface area contributed by atoms with Gasteiger partial charge in [-0.25, -0.2) is 0 Å². The molecule has 2 aliphatic rings. The molecule has 0 aromatic rings. The quantitative estimate of drug-likeness (QED) is 0.695. The molecule has 2 rings (SSSR count). The summed E-state index contributed by atoms with van der Waals surface area (Å²) >= 11 is 0. The first-order valence-corrected chi connectivity index (χ1v) is 6.14. The minimum Gasteiger partial charge on any atom is -0.313 e. The van der Waals surface area contributed by atoms with Crippen molar-refractivity contribution >= 4 is 5.78 Å². The van der Waals surface area contributed by atoms with E-state index in [0.717, 1.165) is 25.8 Å². The summed E-state index contributed by atoms with van der Waals surface area (Å²) in [6, 6.07) is 0.505. The van der Waals surface area contributed by atoms with Gasteiger partial charge in [-0.3, -0.25) is 4.79 Å². The van der Waals surface area contributed by atoms with Crippen LogP contribution in [0.1, 0.15) is 51.4 Å². The summed E-state index contributed by atoms with van der Waals surface area (Å²) in [5.41, 5.74) is 0. The second-order valence-electron chi connectivity index (χ2n) is 4.73. The molecule has 1 saturated heterocycles. The largest absolute Gasteiger partial charge is 0.313 e. The predicted molar refractivity (Wildman–Crippen MR) is 57.2 cm³/mol. The molecule has 1 saturated carbocycles. The van der Waals surface area contributed by atoms with E-state index in [0.29, 0.717) is 17.7 Å². The van der Waals surface area contributed by atoms with Crippen LogP contribution in [0.2, 0.25) is 0 Å². The van der Waals surface area contributed by atoms with E-state index >= 15 is 0 Å². The number of Topliss-reactive ketones (excluding diaryl/α,β-unsaturated/α-hetero) is 1. The van der Waals surface area contributed by atoms with Crippen LogP contribution in [-0.4, -0.2) is 18.4 Å². The van der Waals surface area contributed by atoms with Gasteiger partial charge in [-0.15, -0.1) is 0 Å². The molecule has 14 heavy (non-hydrogen) atoms. The van der Waals surface area contributed by atoms with Crippen LogP contribution >= 0.6 is 0 Å². The van der Waals surface area contributed by atoms with E-state index in [9.17, 15) is 4.79 Å². The average Bonchev–Trinajstić information content (AvgIpc) is 2.47. The van der Waals surface area contributed by atoms with Gasteiger partial charge in [-0.05, 0) is 32.2 Å². The Morgan fingerprint density at radius 1 is 1.00 bits per heavy atom. The minimum absolute atomic E-state index is 0.349. The third-order valence-electron chi connectivity index (χ3n) is 3.69. The minimum atomic E-state index is 0.349. The van der Waals surface area contributed by atoms with E-state index in [1.165, 1.54) is 32.1 Å². The fraction of sp³-hybridized carbons (Fsp3) is 0.917. The van der Waals surface area contributed by atoms with Crippen molar-refractivity contribution in [2.75, 3.05) is 6.54 Å².